The monoisotopic (exact) mass is 286 g/mol. The third kappa shape index (κ3) is 4.63. The summed E-state index contributed by atoms with van der Waals surface area (Å²) in [6.45, 7) is 13.0. The fourth-order valence-electron chi connectivity index (χ4n) is 2.31. The molecular weight excluding hydrogens is 260 g/mol. The highest BCUT2D eigenvalue weighted by atomic mass is 16.4. The summed E-state index contributed by atoms with van der Waals surface area (Å²) in [6, 6.07) is 4.46. The maximum absolute atomic E-state index is 10.7. The first-order valence-corrected chi connectivity index (χ1v) is 7.62. The van der Waals surface area contributed by atoms with Crippen molar-refractivity contribution in [3.05, 3.63) is 34.4 Å². The van der Waals surface area contributed by atoms with Crippen LogP contribution in [0.3, 0.4) is 0 Å². The van der Waals surface area contributed by atoms with Crippen LogP contribution in [-0.4, -0.2) is 11.1 Å². The molecule has 0 aromatic heterocycles. The Bertz CT molecular complexity index is 540. The van der Waals surface area contributed by atoms with E-state index in [1.807, 2.05) is 0 Å². The first-order valence-electron chi connectivity index (χ1n) is 7.62. The number of hydrogen-bond acceptors (Lipinski definition) is 1. The van der Waals surface area contributed by atoms with Crippen molar-refractivity contribution in [1.29, 1.82) is 0 Å². The van der Waals surface area contributed by atoms with Crippen LogP contribution in [0.1, 0.15) is 88.0 Å². The summed E-state index contributed by atoms with van der Waals surface area (Å²) in [5.74, 6) is 6.24. The Balaban J connectivity index is 3.48. The van der Waals surface area contributed by atoms with E-state index in [0.717, 1.165) is 5.56 Å². The summed E-state index contributed by atoms with van der Waals surface area (Å²) in [4.78, 5) is 10.7. The fraction of sp³-hybridized carbons (Fsp3) is 0.526. The molecule has 1 aromatic carbocycles. The van der Waals surface area contributed by atoms with Crippen LogP contribution in [0.15, 0.2) is 12.1 Å². The van der Waals surface area contributed by atoms with Crippen molar-refractivity contribution >= 4 is 5.97 Å². The largest absolute Gasteiger partial charge is 0.481 e. The standard InChI is InChI=1S/C19H26O2/c1-12(2)15-10-17(13(3)4)16(8-7-9-19(20)21)18(11-15)14(5)6/h10-14H,9H2,1-6H3,(H,20,21). The lowest BCUT2D eigenvalue weighted by Crippen LogP contribution is -2.04. The Hall–Kier alpha value is -1.75. The fourth-order valence-corrected chi connectivity index (χ4v) is 2.31. The van der Waals surface area contributed by atoms with Crippen molar-refractivity contribution < 1.29 is 9.90 Å². The zero-order valence-electron chi connectivity index (χ0n) is 13.9. The van der Waals surface area contributed by atoms with Gasteiger partial charge in [-0.05, 0) is 34.4 Å². The van der Waals surface area contributed by atoms with Gasteiger partial charge in [-0.3, -0.25) is 4.79 Å². The van der Waals surface area contributed by atoms with Crippen LogP contribution < -0.4 is 0 Å². The molecule has 1 N–H and O–H groups in total. The van der Waals surface area contributed by atoms with Gasteiger partial charge in [-0.1, -0.05) is 65.5 Å². The lowest BCUT2D eigenvalue weighted by atomic mass is 9.84. The molecule has 0 heterocycles. The molecule has 0 saturated heterocycles. The highest BCUT2D eigenvalue weighted by Crippen LogP contribution is 2.31. The molecule has 114 valence electrons. The number of carboxylic acid groups (broad SMARTS) is 1. The third-order valence-corrected chi connectivity index (χ3v) is 3.59. The Kier molecular flexibility index (Phi) is 6.03. The summed E-state index contributed by atoms with van der Waals surface area (Å²) >= 11 is 0. The molecule has 0 atom stereocenters. The molecular formula is C19H26O2. The van der Waals surface area contributed by atoms with E-state index in [9.17, 15) is 4.79 Å². The highest BCUT2D eigenvalue weighted by molar-refractivity contribution is 5.70. The zero-order chi connectivity index (χ0) is 16.2. The molecule has 21 heavy (non-hydrogen) atoms. The SMILES string of the molecule is CC(C)c1cc(C(C)C)c(C#CCC(=O)O)c(C(C)C)c1. The predicted molar refractivity (Wildman–Crippen MR) is 87.8 cm³/mol. The van der Waals surface area contributed by atoms with E-state index in [1.165, 1.54) is 16.7 Å². The third-order valence-electron chi connectivity index (χ3n) is 3.59. The van der Waals surface area contributed by atoms with Crippen molar-refractivity contribution in [2.24, 2.45) is 0 Å². The van der Waals surface area contributed by atoms with Crippen molar-refractivity contribution in [1.82, 2.24) is 0 Å². The van der Waals surface area contributed by atoms with E-state index in [2.05, 4.69) is 65.5 Å². The van der Waals surface area contributed by atoms with E-state index in [4.69, 9.17) is 5.11 Å². The number of benzene rings is 1. The molecule has 0 radical (unpaired) electrons. The molecule has 0 saturated carbocycles. The van der Waals surface area contributed by atoms with E-state index in [1.54, 1.807) is 0 Å². The van der Waals surface area contributed by atoms with Crippen LogP contribution >= 0.6 is 0 Å². The number of rotatable bonds is 4. The van der Waals surface area contributed by atoms with Gasteiger partial charge in [0.05, 0.1) is 0 Å². The average Bonchev–Trinajstić information content (AvgIpc) is 2.37. The van der Waals surface area contributed by atoms with Crippen LogP contribution in [0.2, 0.25) is 0 Å². The van der Waals surface area contributed by atoms with Crippen molar-refractivity contribution in [3.63, 3.8) is 0 Å². The Morgan fingerprint density at radius 3 is 1.81 bits per heavy atom. The summed E-state index contributed by atoms with van der Waals surface area (Å²) in [6.07, 6.45) is -0.110. The van der Waals surface area contributed by atoms with Gasteiger partial charge in [-0.25, -0.2) is 0 Å². The second-order valence-corrected chi connectivity index (χ2v) is 6.41. The van der Waals surface area contributed by atoms with Gasteiger partial charge in [-0.15, -0.1) is 0 Å². The normalized spacial score (nSPS) is 10.9. The predicted octanol–water partition coefficient (Wildman–Crippen LogP) is 4.88. The van der Waals surface area contributed by atoms with Gasteiger partial charge >= 0.3 is 5.97 Å². The molecule has 1 aromatic rings. The number of hydrogen-bond donors (Lipinski definition) is 1. The first kappa shape index (κ1) is 17.3. The zero-order valence-corrected chi connectivity index (χ0v) is 13.9. The molecule has 0 fully saturated rings. The minimum Gasteiger partial charge on any atom is -0.481 e. The average molecular weight is 286 g/mol. The minimum absolute atomic E-state index is 0.110. The van der Waals surface area contributed by atoms with Crippen LogP contribution in [-0.2, 0) is 4.79 Å². The smallest absolute Gasteiger partial charge is 0.315 e. The van der Waals surface area contributed by atoms with E-state index < -0.39 is 5.97 Å². The Morgan fingerprint density at radius 1 is 1.00 bits per heavy atom. The van der Waals surface area contributed by atoms with Crippen LogP contribution in [0, 0.1) is 11.8 Å². The number of aliphatic carboxylic acids is 1. The van der Waals surface area contributed by atoms with E-state index >= 15 is 0 Å². The molecule has 0 unspecified atom stereocenters. The van der Waals surface area contributed by atoms with Crippen molar-refractivity contribution in [3.8, 4) is 11.8 Å². The van der Waals surface area contributed by atoms with E-state index in [-0.39, 0.29) is 6.42 Å². The molecule has 0 bridgehead atoms. The first-order chi connectivity index (χ1) is 9.73. The summed E-state index contributed by atoms with van der Waals surface area (Å²) in [5.41, 5.74) is 4.79. The van der Waals surface area contributed by atoms with Gasteiger partial charge in [0, 0.05) is 5.56 Å². The van der Waals surface area contributed by atoms with Gasteiger partial charge in [0.2, 0.25) is 0 Å². The Morgan fingerprint density at radius 2 is 1.48 bits per heavy atom. The van der Waals surface area contributed by atoms with E-state index in [0.29, 0.717) is 17.8 Å². The number of carbonyl (C=O) groups is 1. The summed E-state index contributed by atoms with van der Waals surface area (Å²) in [5, 5.41) is 8.76. The van der Waals surface area contributed by atoms with Crippen molar-refractivity contribution in [2.45, 2.75) is 65.7 Å². The lowest BCUT2D eigenvalue weighted by Gasteiger charge is -2.20. The molecule has 0 aliphatic rings. The number of carboxylic acids is 1. The van der Waals surface area contributed by atoms with Gasteiger partial charge in [0.25, 0.3) is 0 Å². The molecule has 0 aliphatic carbocycles. The lowest BCUT2D eigenvalue weighted by molar-refractivity contribution is -0.135. The quantitative estimate of drug-likeness (QED) is 0.801. The summed E-state index contributed by atoms with van der Waals surface area (Å²) in [7, 11) is 0. The van der Waals surface area contributed by atoms with Gasteiger partial charge in [-0.2, -0.15) is 0 Å². The van der Waals surface area contributed by atoms with Gasteiger partial charge in [0.15, 0.2) is 0 Å². The molecule has 0 aliphatic heterocycles. The van der Waals surface area contributed by atoms with Crippen molar-refractivity contribution in [2.75, 3.05) is 0 Å². The van der Waals surface area contributed by atoms with Crippen LogP contribution in [0.4, 0.5) is 0 Å². The molecule has 0 spiro atoms. The maximum Gasteiger partial charge on any atom is 0.315 e. The topological polar surface area (TPSA) is 37.3 Å². The summed E-state index contributed by atoms with van der Waals surface area (Å²) < 4.78 is 0. The molecule has 1 rings (SSSR count). The Labute approximate surface area is 128 Å². The van der Waals surface area contributed by atoms with Gasteiger partial charge < -0.3 is 5.11 Å². The maximum atomic E-state index is 10.7. The van der Waals surface area contributed by atoms with Crippen LogP contribution in [0.25, 0.3) is 0 Å². The van der Waals surface area contributed by atoms with Gasteiger partial charge in [0.1, 0.15) is 6.42 Å². The second kappa shape index (κ2) is 7.31. The molecule has 2 nitrogen and oxygen atoms in total. The molecule has 2 heteroatoms. The molecule has 0 amide bonds. The highest BCUT2D eigenvalue weighted by Gasteiger charge is 2.15. The van der Waals surface area contributed by atoms with Crippen LogP contribution in [0.5, 0.6) is 0 Å². The minimum atomic E-state index is -0.876. The second-order valence-electron chi connectivity index (χ2n) is 6.41.